The highest BCUT2D eigenvalue weighted by Crippen LogP contribution is 2.03. The summed E-state index contributed by atoms with van der Waals surface area (Å²) in [4.78, 5) is 10.8. The van der Waals surface area contributed by atoms with E-state index in [4.69, 9.17) is 4.74 Å². The quantitative estimate of drug-likeness (QED) is 0.662. The molecule has 58 valence electrons. The van der Waals surface area contributed by atoms with Crippen molar-refractivity contribution in [1.82, 2.24) is 0 Å². The molecule has 0 N–H and O–H groups in total. The van der Waals surface area contributed by atoms with Gasteiger partial charge in [0.15, 0.2) is 0 Å². The van der Waals surface area contributed by atoms with Crippen molar-refractivity contribution in [3.63, 3.8) is 0 Å². The van der Waals surface area contributed by atoms with Gasteiger partial charge in [-0.05, 0) is 0 Å². The highest BCUT2D eigenvalue weighted by molar-refractivity contribution is 9.11. The maximum atomic E-state index is 10.8. The molecule has 0 heterocycles. The van der Waals surface area contributed by atoms with Crippen LogP contribution in [0.3, 0.4) is 0 Å². The fourth-order valence-electron chi connectivity index (χ4n) is 0.316. The average Bonchev–Trinajstić information content (AvgIpc) is 1.82. The van der Waals surface area contributed by atoms with Crippen LogP contribution >= 0.6 is 15.9 Å². The molecule has 10 heavy (non-hydrogen) atoms. The van der Waals surface area contributed by atoms with Crippen LogP contribution in [-0.4, -0.2) is 12.6 Å². The maximum Gasteiger partial charge on any atom is 0.308 e. The summed E-state index contributed by atoms with van der Waals surface area (Å²) in [5.41, 5.74) is 0. The number of halogens is 1. The van der Waals surface area contributed by atoms with Gasteiger partial charge in [-0.3, -0.25) is 4.79 Å². The SMILES string of the molecule is C=C(Br)COC(=O)C(C)C. The second kappa shape index (κ2) is 4.50. The molecule has 0 spiro atoms. The first kappa shape index (κ1) is 9.69. The van der Waals surface area contributed by atoms with Crippen LogP contribution in [0.25, 0.3) is 0 Å². The Bertz CT molecular complexity index is 141. The molecule has 0 amide bonds. The molecule has 0 rings (SSSR count). The summed E-state index contributed by atoms with van der Waals surface area (Å²) in [5, 5.41) is 0. The first-order chi connectivity index (χ1) is 4.54. The van der Waals surface area contributed by atoms with Gasteiger partial charge in [0, 0.05) is 4.48 Å². The molecule has 0 aliphatic rings. The second-order valence-corrected chi connectivity index (χ2v) is 3.40. The standard InChI is InChI=1S/C7H11BrO2/c1-5(2)7(9)10-4-6(3)8/h5H,3-4H2,1-2H3. The van der Waals surface area contributed by atoms with E-state index in [0.29, 0.717) is 4.48 Å². The van der Waals surface area contributed by atoms with Crippen LogP contribution in [0.4, 0.5) is 0 Å². The fourth-order valence-corrected chi connectivity index (χ4v) is 0.431. The molecule has 0 aromatic carbocycles. The van der Waals surface area contributed by atoms with E-state index in [-0.39, 0.29) is 18.5 Å². The molecule has 0 radical (unpaired) electrons. The first-order valence-corrected chi connectivity index (χ1v) is 3.83. The van der Waals surface area contributed by atoms with Crippen molar-refractivity contribution in [2.24, 2.45) is 5.92 Å². The van der Waals surface area contributed by atoms with Gasteiger partial charge < -0.3 is 4.74 Å². The predicted molar refractivity (Wildman–Crippen MR) is 43.9 cm³/mol. The van der Waals surface area contributed by atoms with Crippen molar-refractivity contribution < 1.29 is 9.53 Å². The molecule has 3 heteroatoms. The Morgan fingerprint density at radius 1 is 1.70 bits per heavy atom. The summed E-state index contributed by atoms with van der Waals surface area (Å²) in [7, 11) is 0. The van der Waals surface area contributed by atoms with E-state index in [1.165, 1.54) is 0 Å². The molecule has 0 bridgehead atoms. The molecule has 0 aromatic heterocycles. The van der Waals surface area contributed by atoms with E-state index >= 15 is 0 Å². The first-order valence-electron chi connectivity index (χ1n) is 3.04. The lowest BCUT2D eigenvalue weighted by Crippen LogP contribution is -2.12. The topological polar surface area (TPSA) is 26.3 Å². The minimum absolute atomic E-state index is 0.0631. The largest absolute Gasteiger partial charge is 0.460 e. The van der Waals surface area contributed by atoms with Crippen LogP contribution in [0.1, 0.15) is 13.8 Å². The van der Waals surface area contributed by atoms with Gasteiger partial charge in [-0.25, -0.2) is 0 Å². The van der Waals surface area contributed by atoms with Gasteiger partial charge in [0.2, 0.25) is 0 Å². The minimum Gasteiger partial charge on any atom is -0.460 e. The highest BCUT2D eigenvalue weighted by Gasteiger charge is 2.07. The van der Waals surface area contributed by atoms with E-state index in [1.807, 2.05) is 0 Å². The Labute approximate surface area is 69.4 Å². The van der Waals surface area contributed by atoms with Crippen LogP contribution in [0.15, 0.2) is 11.1 Å². The molecular formula is C7H11BrO2. The van der Waals surface area contributed by atoms with E-state index in [9.17, 15) is 4.79 Å². The van der Waals surface area contributed by atoms with Crippen LogP contribution in [-0.2, 0) is 9.53 Å². The Balaban J connectivity index is 3.50. The van der Waals surface area contributed by atoms with Crippen molar-refractivity contribution in [3.05, 3.63) is 11.1 Å². The van der Waals surface area contributed by atoms with Gasteiger partial charge >= 0.3 is 5.97 Å². The average molecular weight is 207 g/mol. The Kier molecular flexibility index (Phi) is 4.36. The number of ether oxygens (including phenoxy) is 1. The highest BCUT2D eigenvalue weighted by atomic mass is 79.9. The van der Waals surface area contributed by atoms with Crippen molar-refractivity contribution >= 4 is 21.9 Å². The summed E-state index contributed by atoms with van der Waals surface area (Å²) < 4.78 is 5.46. The summed E-state index contributed by atoms with van der Waals surface area (Å²) in [6, 6.07) is 0. The molecule has 0 unspecified atom stereocenters. The normalized spacial score (nSPS) is 9.60. The summed E-state index contributed by atoms with van der Waals surface area (Å²) in [5.74, 6) is -0.257. The molecule has 0 saturated heterocycles. The van der Waals surface area contributed by atoms with Crippen LogP contribution in [0.5, 0.6) is 0 Å². The lowest BCUT2D eigenvalue weighted by atomic mass is 10.2. The molecule has 0 aliphatic heterocycles. The second-order valence-electron chi connectivity index (χ2n) is 2.28. The molecule has 0 saturated carbocycles. The summed E-state index contributed by atoms with van der Waals surface area (Å²) in [6.07, 6.45) is 0. The van der Waals surface area contributed by atoms with Crippen LogP contribution in [0.2, 0.25) is 0 Å². The molecule has 0 fully saturated rings. The number of carbonyl (C=O) groups excluding carboxylic acids is 1. The summed E-state index contributed by atoms with van der Waals surface area (Å²) >= 11 is 3.08. The number of rotatable bonds is 3. The smallest absolute Gasteiger partial charge is 0.308 e. The fraction of sp³-hybridized carbons (Fsp3) is 0.571. The van der Waals surface area contributed by atoms with Gasteiger partial charge in [0.05, 0.1) is 5.92 Å². The zero-order valence-corrected chi connectivity index (χ0v) is 7.77. The van der Waals surface area contributed by atoms with E-state index in [0.717, 1.165) is 0 Å². The third-order valence-electron chi connectivity index (χ3n) is 0.842. The number of carbonyl (C=O) groups is 1. The van der Waals surface area contributed by atoms with Gasteiger partial charge in [-0.1, -0.05) is 36.4 Å². The monoisotopic (exact) mass is 206 g/mol. The lowest BCUT2D eigenvalue weighted by Gasteiger charge is -2.04. The van der Waals surface area contributed by atoms with Gasteiger partial charge in [-0.2, -0.15) is 0 Å². The van der Waals surface area contributed by atoms with Crippen molar-refractivity contribution in [2.45, 2.75) is 13.8 Å². The van der Waals surface area contributed by atoms with Crippen LogP contribution in [0, 0.1) is 5.92 Å². The van der Waals surface area contributed by atoms with Crippen molar-refractivity contribution in [3.8, 4) is 0 Å². The predicted octanol–water partition coefficient (Wildman–Crippen LogP) is 2.09. The molecule has 0 aliphatic carbocycles. The maximum absolute atomic E-state index is 10.8. The third kappa shape index (κ3) is 4.56. The van der Waals surface area contributed by atoms with E-state index in [2.05, 4.69) is 22.5 Å². The lowest BCUT2D eigenvalue weighted by molar-refractivity contribution is -0.146. The van der Waals surface area contributed by atoms with Crippen molar-refractivity contribution in [2.75, 3.05) is 6.61 Å². The molecular weight excluding hydrogens is 196 g/mol. The van der Waals surface area contributed by atoms with E-state index < -0.39 is 0 Å². The molecule has 0 atom stereocenters. The van der Waals surface area contributed by atoms with E-state index in [1.54, 1.807) is 13.8 Å². The number of hydrogen-bond acceptors (Lipinski definition) is 2. The van der Waals surface area contributed by atoms with Gasteiger partial charge in [-0.15, -0.1) is 0 Å². The van der Waals surface area contributed by atoms with Crippen molar-refractivity contribution in [1.29, 1.82) is 0 Å². The van der Waals surface area contributed by atoms with Gasteiger partial charge in [0.1, 0.15) is 6.61 Å². The van der Waals surface area contributed by atoms with Gasteiger partial charge in [0.25, 0.3) is 0 Å². The number of esters is 1. The summed E-state index contributed by atoms with van der Waals surface area (Å²) in [6.45, 7) is 7.37. The molecule has 2 nitrogen and oxygen atoms in total. The third-order valence-corrected chi connectivity index (χ3v) is 1.07. The molecule has 0 aromatic rings. The zero-order valence-electron chi connectivity index (χ0n) is 6.19. The zero-order chi connectivity index (χ0) is 8.15. The number of hydrogen-bond donors (Lipinski definition) is 0. The minimum atomic E-state index is -0.194. The van der Waals surface area contributed by atoms with Crippen LogP contribution < -0.4 is 0 Å². The Morgan fingerprint density at radius 2 is 2.20 bits per heavy atom. The Morgan fingerprint density at radius 3 is 2.50 bits per heavy atom. The Hall–Kier alpha value is -0.310.